The first-order valence-electron chi connectivity index (χ1n) is 31.0. The lowest BCUT2D eigenvalue weighted by Gasteiger charge is -2.41. The van der Waals surface area contributed by atoms with Crippen molar-refractivity contribution in [3.8, 4) is 0 Å². The summed E-state index contributed by atoms with van der Waals surface area (Å²) in [6.45, 7) is 29.9. The molecule has 21 nitrogen and oxygen atoms in total. The number of carbonyl (C=O) groups excluding carboxylic acids is 11. The number of hydrogen-bond donors (Lipinski definition) is 3. The molecule has 486 valence electrons. The van der Waals surface area contributed by atoms with Crippen molar-refractivity contribution in [1.82, 2.24) is 44.9 Å². The Morgan fingerprint density at radius 2 is 0.941 bits per heavy atom. The van der Waals surface area contributed by atoms with Gasteiger partial charge in [0.05, 0.1) is 18.7 Å². The second-order valence-corrected chi connectivity index (χ2v) is 26.7. The van der Waals surface area contributed by atoms with Gasteiger partial charge in [-0.15, -0.1) is 0 Å². The Morgan fingerprint density at radius 3 is 1.40 bits per heavy atom. The zero-order chi connectivity index (χ0) is 66.0. The van der Waals surface area contributed by atoms with Crippen molar-refractivity contribution in [3.63, 3.8) is 0 Å². The number of rotatable bonds is 15. The van der Waals surface area contributed by atoms with Gasteiger partial charge in [0.15, 0.2) is 11.6 Å². The summed E-state index contributed by atoms with van der Waals surface area (Å²) in [6.07, 6.45) is 2.69. The average Bonchev–Trinajstić information content (AvgIpc) is 3.62. The van der Waals surface area contributed by atoms with Crippen molar-refractivity contribution in [1.29, 1.82) is 0 Å². The average molecular weight is 1200 g/mol. The molecule has 0 aromatic carbocycles. The monoisotopic (exact) mass is 1200 g/mol. The maximum Gasteiger partial charge on any atom is 0.246 e. The van der Waals surface area contributed by atoms with Crippen LogP contribution in [0.15, 0.2) is 12.2 Å². The molecule has 0 bridgehead atoms. The van der Waals surface area contributed by atoms with Gasteiger partial charge < -0.3 is 50.0 Å². The van der Waals surface area contributed by atoms with E-state index < -0.39 is 162 Å². The van der Waals surface area contributed by atoms with Crippen LogP contribution in [0, 0.1) is 53.3 Å². The van der Waals surface area contributed by atoms with E-state index in [-0.39, 0.29) is 62.2 Å². The topological polar surface area (TPSA) is 255 Å². The molecular weight excluding hydrogens is 1090 g/mol. The van der Waals surface area contributed by atoms with Gasteiger partial charge in [0.2, 0.25) is 53.2 Å². The van der Waals surface area contributed by atoms with Crippen LogP contribution in [0.5, 0.6) is 0 Å². The highest BCUT2D eigenvalue weighted by atomic mass is 16.3. The molecule has 1 rings (SSSR count). The summed E-state index contributed by atoms with van der Waals surface area (Å²) in [5.74, 6) is -10.5. The second-order valence-electron chi connectivity index (χ2n) is 26.7. The highest BCUT2D eigenvalue weighted by Gasteiger charge is 2.45. The van der Waals surface area contributed by atoms with Crippen LogP contribution in [0.4, 0.5) is 0 Å². The Morgan fingerprint density at radius 1 is 0.494 bits per heavy atom. The Bertz CT molecular complexity index is 2320. The predicted octanol–water partition coefficient (Wildman–Crippen LogP) is 5.45. The Hall–Kier alpha value is -5.73. The zero-order valence-electron chi connectivity index (χ0n) is 56.5. The van der Waals surface area contributed by atoms with E-state index >= 15 is 9.59 Å². The molecule has 0 unspecified atom stereocenters. The number of aliphatic hydroxyl groups excluding tert-OH is 1. The minimum atomic E-state index is -1.50. The standard InChI is InChI=1S/C64H113N9O12/c1-25-27-28-42(15)56(77)55-51(75)34-45(26-2)60(81)67(18)35-52(76)68(19)47(30-37(5)6)58(79)66-53(40(11)12)63(84)69(20)46(29-36(3)4)50(74)33-43(16)57(78)65-44(17)59(80)70(21)48(31-38(7)8)61(82)71(22)49(32-39(9)10)62(83)72(23)54(41(13)14)64(85)73(55)24/h25,27,36-49,53-56,77H,26,28-35H2,1-24H3,(H,65,78)(H,66,79)/b27-25+/t42-,43-,44-,45-,46+,47+,48+,49+,53+,54-,55-,56-/m1/s1. The van der Waals surface area contributed by atoms with Gasteiger partial charge in [0.1, 0.15) is 42.3 Å². The van der Waals surface area contributed by atoms with E-state index in [1.165, 1.54) is 85.7 Å². The van der Waals surface area contributed by atoms with Gasteiger partial charge in [-0.05, 0) is 93.8 Å². The molecule has 1 heterocycles. The third kappa shape index (κ3) is 21.9. The van der Waals surface area contributed by atoms with Crippen LogP contribution < -0.4 is 10.6 Å². The van der Waals surface area contributed by atoms with Crippen LogP contribution in [-0.2, 0) is 52.7 Å². The number of aliphatic hydroxyl groups is 1. The minimum Gasteiger partial charge on any atom is -0.390 e. The number of hydrogen-bond acceptors (Lipinski definition) is 12. The van der Waals surface area contributed by atoms with Crippen molar-refractivity contribution >= 4 is 64.7 Å². The van der Waals surface area contributed by atoms with E-state index in [1.54, 1.807) is 54.5 Å². The number of ketones is 2. The first kappa shape index (κ1) is 77.3. The summed E-state index contributed by atoms with van der Waals surface area (Å²) < 4.78 is 0. The smallest absolute Gasteiger partial charge is 0.246 e. The zero-order valence-corrected chi connectivity index (χ0v) is 56.5. The molecule has 12 atom stereocenters. The SMILES string of the molecule is C/C=C/C[C@@H](C)[C@@H](O)[C@H]1C(=O)C[C@@H](CC)C(=O)N(C)CC(=O)N(C)[C@@H](CC(C)C)C(=O)N[C@@H](C(C)C)C(=O)N(C)[C@@H](CC(C)C)C(=O)C[C@@H](C)C(=O)N[C@H](C)C(=O)N(C)[C@@H](CC(C)C)C(=O)N(C)[C@@H](CC(C)C)C(=O)N(C)[C@H](C(C)C)C(=O)N1C. The van der Waals surface area contributed by atoms with E-state index in [4.69, 9.17) is 0 Å². The normalized spacial score (nSPS) is 27.1. The third-order valence-electron chi connectivity index (χ3n) is 16.7. The van der Waals surface area contributed by atoms with Gasteiger partial charge in [-0.25, -0.2) is 0 Å². The summed E-state index contributed by atoms with van der Waals surface area (Å²) in [6, 6.07) is -9.42. The highest BCUT2D eigenvalue weighted by molar-refractivity contribution is 5.99. The summed E-state index contributed by atoms with van der Waals surface area (Å²) in [7, 11) is 10.1. The molecule has 0 aliphatic carbocycles. The Labute approximate surface area is 510 Å². The van der Waals surface area contributed by atoms with Crippen molar-refractivity contribution in [2.45, 2.75) is 224 Å². The van der Waals surface area contributed by atoms with Gasteiger partial charge in [0.25, 0.3) is 0 Å². The fourth-order valence-corrected chi connectivity index (χ4v) is 11.2. The summed E-state index contributed by atoms with van der Waals surface area (Å²) in [5, 5.41) is 17.8. The van der Waals surface area contributed by atoms with Crippen molar-refractivity contribution in [3.05, 3.63) is 12.2 Å². The molecule has 0 radical (unpaired) electrons. The van der Waals surface area contributed by atoms with Crippen molar-refractivity contribution in [2.24, 2.45) is 53.3 Å². The number of nitrogens with one attached hydrogen (secondary N) is 2. The number of amides is 9. The van der Waals surface area contributed by atoms with Crippen molar-refractivity contribution in [2.75, 3.05) is 55.9 Å². The number of likely N-dealkylation sites (N-methyl/N-ethyl adjacent to an activating group) is 7. The van der Waals surface area contributed by atoms with E-state index in [0.29, 0.717) is 6.42 Å². The molecule has 1 aliphatic heterocycles. The lowest BCUT2D eigenvalue weighted by Crippen LogP contribution is -2.61. The Balaban J connectivity index is 4.32. The predicted molar refractivity (Wildman–Crippen MR) is 331 cm³/mol. The quantitative estimate of drug-likeness (QED) is 0.173. The van der Waals surface area contributed by atoms with E-state index in [9.17, 15) is 48.3 Å². The van der Waals surface area contributed by atoms with Crippen molar-refractivity contribution < 1.29 is 57.8 Å². The molecule has 0 aromatic rings. The molecule has 0 saturated carbocycles. The molecular formula is C64H113N9O12. The van der Waals surface area contributed by atoms with E-state index in [1.807, 2.05) is 68.4 Å². The maximum absolute atomic E-state index is 15.2. The number of Topliss-reactive ketones (excluding diaryl/α,β-unsaturated/α-hetero) is 2. The minimum absolute atomic E-state index is 0.0852. The summed E-state index contributed by atoms with van der Waals surface area (Å²) >= 11 is 0. The largest absolute Gasteiger partial charge is 0.390 e. The summed E-state index contributed by atoms with van der Waals surface area (Å²) in [5.41, 5.74) is 0. The first-order valence-corrected chi connectivity index (χ1v) is 31.0. The maximum atomic E-state index is 15.2. The van der Waals surface area contributed by atoms with E-state index in [2.05, 4.69) is 10.6 Å². The van der Waals surface area contributed by atoms with Gasteiger partial charge >= 0.3 is 0 Å². The molecule has 1 fully saturated rings. The van der Waals surface area contributed by atoms with Gasteiger partial charge in [-0.1, -0.05) is 116 Å². The molecule has 85 heavy (non-hydrogen) atoms. The highest BCUT2D eigenvalue weighted by Crippen LogP contribution is 2.28. The fraction of sp³-hybridized carbons (Fsp3) is 0.797. The van der Waals surface area contributed by atoms with Gasteiger partial charge in [-0.2, -0.15) is 0 Å². The first-order chi connectivity index (χ1) is 39.2. The van der Waals surface area contributed by atoms with Crippen LogP contribution in [0.2, 0.25) is 0 Å². The molecule has 3 N–H and O–H groups in total. The third-order valence-corrected chi connectivity index (χ3v) is 16.7. The van der Waals surface area contributed by atoms with Crippen LogP contribution >= 0.6 is 0 Å². The van der Waals surface area contributed by atoms with Crippen LogP contribution in [-0.4, -0.2) is 214 Å². The number of nitrogens with zero attached hydrogens (tertiary/aromatic N) is 7. The molecule has 21 heteroatoms. The molecule has 9 amide bonds. The molecule has 1 aliphatic rings. The van der Waals surface area contributed by atoms with Crippen LogP contribution in [0.1, 0.15) is 169 Å². The number of carbonyl (C=O) groups is 11. The molecule has 1 saturated heterocycles. The van der Waals surface area contributed by atoms with Crippen LogP contribution in [0.25, 0.3) is 0 Å². The molecule has 0 aromatic heterocycles. The lowest BCUT2D eigenvalue weighted by molar-refractivity contribution is -0.157. The Kier molecular flexibility index (Phi) is 32.0. The van der Waals surface area contributed by atoms with E-state index in [0.717, 1.165) is 4.90 Å². The summed E-state index contributed by atoms with van der Waals surface area (Å²) in [4.78, 5) is 169. The fourth-order valence-electron chi connectivity index (χ4n) is 11.2. The lowest BCUT2D eigenvalue weighted by atomic mass is 9.86. The number of allylic oxidation sites excluding steroid dienone is 2. The second kappa shape index (κ2) is 35.2. The van der Waals surface area contributed by atoms with Gasteiger partial charge in [-0.3, -0.25) is 52.7 Å². The molecule has 0 spiro atoms. The van der Waals surface area contributed by atoms with Crippen LogP contribution in [0.3, 0.4) is 0 Å². The van der Waals surface area contributed by atoms with Gasteiger partial charge in [0, 0.05) is 74.0 Å².